The Balaban J connectivity index is 0.000000189. The average Bonchev–Trinajstić information content (AvgIpc) is 2.84. The van der Waals surface area contributed by atoms with Crippen LogP contribution in [0, 0.1) is 10.1 Å². The van der Waals surface area contributed by atoms with Crippen LogP contribution >= 0.6 is 0 Å². The van der Waals surface area contributed by atoms with Crippen molar-refractivity contribution in [2.45, 2.75) is 13.2 Å². The number of phenolic OH excluding ortho intramolecular Hbond substituents is 2. The van der Waals surface area contributed by atoms with Crippen LogP contribution in [0.4, 0.5) is 5.69 Å². The molecule has 0 spiro atoms. The van der Waals surface area contributed by atoms with Crippen molar-refractivity contribution in [3.05, 3.63) is 124 Å². The number of phenols is 2. The van der Waals surface area contributed by atoms with Gasteiger partial charge in [0.15, 0.2) is 23.0 Å². The molecular weight excluding hydrogens is 422 g/mol. The standard InChI is InChI=1S/C13H11NO4.C13H12O2/c15-12-7-3-4-8-13(12)18-9-10-5-1-2-6-11(10)14(16)17;14-12-8-4-5-9-13(12)15-10-11-6-2-1-3-7-11/h1-8,15H,9H2;1-9,14H,10H2. The van der Waals surface area contributed by atoms with Gasteiger partial charge in [-0.2, -0.15) is 0 Å². The largest absolute Gasteiger partial charge is 0.504 e. The third-order valence-corrected chi connectivity index (χ3v) is 4.54. The van der Waals surface area contributed by atoms with Crippen LogP contribution in [0.1, 0.15) is 11.1 Å². The lowest BCUT2D eigenvalue weighted by molar-refractivity contribution is -0.385. The first-order valence-corrected chi connectivity index (χ1v) is 10.1. The number of rotatable bonds is 7. The van der Waals surface area contributed by atoms with Crippen LogP contribution in [0.3, 0.4) is 0 Å². The highest BCUT2D eigenvalue weighted by Gasteiger charge is 2.13. The van der Waals surface area contributed by atoms with E-state index in [1.54, 1.807) is 54.6 Å². The number of ether oxygens (including phenoxy) is 2. The molecule has 4 rings (SSSR count). The number of nitro benzene ring substituents is 1. The summed E-state index contributed by atoms with van der Waals surface area (Å²) in [4.78, 5) is 10.3. The van der Waals surface area contributed by atoms with E-state index in [-0.39, 0.29) is 23.8 Å². The lowest BCUT2D eigenvalue weighted by Crippen LogP contribution is -2.00. The maximum absolute atomic E-state index is 10.8. The molecule has 0 aromatic heterocycles. The van der Waals surface area contributed by atoms with Crippen molar-refractivity contribution < 1.29 is 24.6 Å². The molecule has 0 saturated heterocycles. The van der Waals surface area contributed by atoms with E-state index in [1.165, 1.54) is 12.1 Å². The molecule has 4 aromatic carbocycles. The fraction of sp³-hybridized carbons (Fsp3) is 0.0769. The van der Waals surface area contributed by atoms with E-state index < -0.39 is 4.92 Å². The molecule has 7 nitrogen and oxygen atoms in total. The van der Waals surface area contributed by atoms with Crippen LogP contribution in [-0.4, -0.2) is 15.1 Å². The highest BCUT2D eigenvalue weighted by Crippen LogP contribution is 2.27. The van der Waals surface area contributed by atoms with E-state index in [4.69, 9.17) is 9.47 Å². The quantitative estimate of drug-likeness (QED) is 0.273. The van der Waals surface area contributed by atoms with Crippen LogP contribution in [-0.2, 0) is 13.2 Å². The Bertz CT molecular complexity index is 1180. The second-order valence-electron chi connectivity index (χ2n) is 6.88. The van der Waals surface area contributed by atoms with Crippen molar-refractivity contribution in [2.24, 2.45) is 0 Å². The first kappa shape index (κ1) is 23.1. The van der Waals surface area contributed by atoms with Crippen molar-refractivity contribution in [1.29, 1.82) is 0 Å². The van der Waals surface area contributed by atoms with Crippen molar-refractivity contribution in [2.75, 3.05) is 0 Å². The number of nitrogens with zero attached hydrogens (tertiary/aromatic N) is 1. The van der Waals surface area contributed by atoms with Gasteiger partial charge in [0.25, 0.3) is 5.69 Å². The third-order valence-electron chi connectivity index (χ3n) is 4.54. The lowest BCUT2D eigenvalue weighted by atomic mass is 10.2. The van der Waals surface area contributed by atoms with E-state index in [1.807, 2.05) is 36.4 Å². The maximum atomic E-state index is 10.8. The van der Waals surface area contributed by atoms with Crippen LogP contribution < -0.4 is 9.47 Å². The summed E-state index contributed by atoms with van der Waals surface area (Å²) < 4.78 is 10.8. The molecule has 0 saturated carbocycles. The van der Waals surface area contributed by atoms with E-state index in [0.717, 1.165) is 5.56 Å². The molecule has 0 heterocycles. The number of para-hydroxylation sites is 5. The minimum atomic E-state index is -0.455. The van der Waals surface area contributed by atoms with Gasteiger partial charge in [-0.15, -0.1) is 0 Å². The molecule has 0 aliphatic rings. The van der Waals surface area contributed by atoms with Crippen molar-refractivity contribution in [3.63, 3.8) is 0 Å². The van der Waals surface area contributed by atoms with Gasteiger partial charge in [-0.05, 0) is 35.9 Å². The molecule has 4 aromatic rings. The second-order valence-corrected chi connectivity index (χ2v) is 6.88. The highest BCUT2D eigenvalue weighted by molar-refractivity contribution is 5.41. The third kappa shape index (κ3) is 7.00. The summed E-state index contributed by atoms with van der Waals surface area (Å²) >= 11 is 0. The lowest BCUT2D eigenvalue weighted by Gasteiger charge is -2.07. The first-order valence-electron chi connectivity index (χ1n) is 10.1. The summed E-state index contributed by atoms with van der Waals surface area (Å²) in [6, 6.07) is 29.7. The van der Waals surface area contributed by atoms with Gasteiger partial charge in [0.2, 0.25) is 0 Å². The molecule has 2 N–H and O–H groups in total. The molecular formula is C26H23NO6. The Labute approximate surface area is 191 Å². The zero-order chi connectivity index (χ0) is 23.5. The van der Waals surface area contributed by atoms with E-state index in [9.17, 15) is 20.3 Å². The summed E-state index contributed by atoms with van der Waals surface area (Å²) in [5.74, 6) is 1.00. The Morgan fingerprint density at radius 3 is 1.70 bits per heavy atom. The zero-order valence-electron chi connectivity index (χ0n) is 17.7. The Kier molecular flexibility index (Phi) is 8.25. The van der Waals surface area contributed by atoms with Gasteiger partial charge in [-0.25, -0.2) is 0 Å². The molecule has 0 aliphatic carbocycles. The van der Waals surface area contributed by atoms with Crippen LogP contribution in [0.15, 0.2) is 103 Å². The average molecular weight is 445 g/mol. The van der Waals surface area contributed by atoms with E-state index >= 15 is 0 Å². The highest BCUT2D eigenvalue weighted by atomic mass is 16.6. The zero-order valence-corrected chi connectivity index (χ0v) is 17.7. The van der Waals surface area contributed by atoms with Gasteiger partial charge in [0.1, 0.15) is 13.2 Å². The Hall–Kier alpha value is -4.52. The molecule has 0 bridgehead atoms. The number of benzene rings is 4. The molecule has 0 radical (unpaired) electrons. The van der Waals surface area contributed by atoms with Crippen LogP contribution in [0.25, 0.3) is 0 Å². The summed E-state index contributed by atoms with van der Waals surface area (Å²) in [7, 11) is 0. The van der Waals surface area contributed by atoms with Gasteiger partial charge in [-0.1, -0.05) is 66.7 Å². The smallest absolute Gasteiger partial charge is 0.276 e. The predicted octanol–water partition coefficient (Wildman–Crippen LogP) is 5.85. The molecule has 0 unspecified atom stereocenters. The number of nitro groups is 1. The van der Waals surface area contributed by atoms with Crippen molar-refractivity contribution in [1.82, 2.24) is 0 Å². The van der Waals surface area contributed by atoms with Gasteiger partial charge in [0, 0.05) is 6.07 Å². The summed E-state index contributed by atoms with van der Waals surface area (Å²) in [6.45, 7) is 0.507. The topological polar surface area (TPSA) is 102 Å². The monoisotopic (exact) mass is 445 g/mol. The summed E-state index contributed by atoms with van der Waals surface area (Å²) in [5, 5.41) is 29.8. The van der Waals surface area contributed by atoms with E-state index in [2.05, 4.69) is 0 Å². The molecule has 0 atom stereocenters. The molecule has 0 fully saturated rings. The first-order chi connectivity index (χ1) is 16.0. The molecule has 33 heavy (non-hydrogen) atoms. The van der Waals surface area contributed by atoms with Gasteiger partial charge in [0.05, 0.1) is 10.5 Å². The van der Waals surface area contributed by atoms with Crippen molar-refractivity contribution >= 4 is 5.69 Å². The fourth-order valence-corrected chi connectivity index (χ4v) is 2.86. The van der Waals surface area contributed by atoms with Crippen LogP contribution in [0.5, 0.6) is 23.0 Å². The second kappa shape index (κ2) is 11.8. The van der Waals surface area contributed by atoms with Gasteiger partial charge in [-0.3, -0.25) is 10.1 Å². The molecule has 0 amide bonds. The molecule has 7 heteroatoms. The molecule has 168 valence electrons. The normalized spacial score (nSPS) is 9.94. The predicted molar refractivity (Wildman–Crippen MR) is 124 cm³/mol. The maximum Gasteiger partial charge on any atom is 0.276 e. The number of aromatic hydroxyl groups is 2. The number of hydrogen-bond donors (Lipinski definition) is 2. The van der Waals surface area contributed by atoms with Gasteiger partial charge < -0.3 is 19.7 Å². The minimum Gasteiger partial charge on any atom is -0.504 e. The Morgan fingerprint density at radius 2 is 1.12 bits per heavy atom. The van der Waals surface area contributed by atoms with E-state index in [0.29, 0.717) is 23.7 Å². The fourth-order valence-electron chi connectivity index (χ4n) is 2.86. The van der Waals surface area contributed by atoms with Gasteiger partial charge >= 0.3 is 0 Å². The Morgan fingerprint density at radius 1 is 0.636 bits per heavy atom. The summed E-state index contributed by atoms with van der Waals surface area (Å²) in [5.41, 5.74) is 1.56. The van der Waals surface area contributed by atoms with Crippen LogP contribution in [0.2, 0.25) is 0 Å². The minimum absolute atomic E-state index is 0.00733. The summed E-state index contributed by atoms with van der Waals surface area (Å²) in [6.07, 6.45) is 0. The SMILES string of the molecule is O=[N+]([O-])c1ccccc1COc1ccccc1O.Oc1ccccc1OCc1ccccc1. The molecule has 0 aliphatic heterocycles. The van der Waals surface area contributed by atoms with Crippen molar-refractivity contribution in [3.8, 4) is 23.0 Å². The number of hydrogen-bond acceptors (Lipinski definition) is 6.